The van der Waals surface area contributed by atoms with E-state index in [1.807, 2.05) is 6.92 Å². The number of hydrogen-bond acceptors (Lipinski definition) is 4. The molecule has 0 aliphatic carbocycles. The standard InChI is InChI=1S/C9H10ClN5/c1-6-7(5-12-13-6)4-11-9-3-2-8(10)14-15-9/h2-3,5H,4H2,1H3,(H,11,15)(H,12,13). The second-order valence-electron chi connectivity index (χ2n) is 3.12. The normalized spacial score (nSPS) is 10.3. The number of aromatic nitrogens is 4. The van der Waals surface area contributed by atoms with Gasteiger partial charge in [0, 0.05) is 17.8 Å². The molecule has 78 valence electrons. The van der Waals surface area contributed by atoms with E-state index in [9.17, 15) is 0 Å². The summed E-state index contributed by atoms with van der Waals surface area (Å²) >= 11 is 5.62. The number of nitrogens with zero attached hydrogens (tertiary/aromatic N) is 3. The quantitative estimate of drug-likeness (QED) is 0.833. The Morgan fingerprint density at radius 2 is 2.27 bits per heavy atom. The van der Waals surface area contributed by atoms with E-state index >= 15 is 0 Å². The minimum atomic E-state index is 0.389. The molecule has 0 saturated heterocycles. The molecule has 2 heterocycles. The first-order chi connectivity index (χ1) is 7.25. The summed E-state index contributed by atoms with van der Waals surface area (Å²) in [4.78, 5) is 0. The lowest BCUT2D eigenvalue weighted by atomic mass is 10.2. The van der Waals surface area contributed by atoms with E-state index in [1.165, 1.54) is 0 Å². The van der Waals surface area contributed by atoms with Crippen molar-refractivity contribution in [3.05, 3.63) is 34.7 Å². The highest BCUT2D eigenvalue weighted by Gasteiger charge is 2.00. The molecule has 2 N–H and O–H groups in total. The highest BCUT2D eigenvalue weighted by molar-refractivity contribution is 6.29. The van der Waals surface area contributed by atoms with Gasteiger partial charge in [-0.3, -0.25) is 5.10 Å². The Kier molecular flexibility index (Phi) is 2.82. The summed E-state index contributed by atoms with van der Waals surface area (Å²) in [6.07, 6.45) is 1.78. The van der Waals surface area contributed by atoms with Crippen molar-refractivity contribution in [2.24, 2.45) is 0 Å². The van der Waals surface area contributed by atoms with E-state index in [0.717, 1.165) is 11.3 Å². The maximum absolute atomic E-state index is 5.62. The lowest BCUT2D eigenvalue weighted by Crippen LogP contribution is -2.02. The minimum absolute atomic E-state index is 0.389. The molecule has 0 aliphatic rings. The molecule has 0 amide bonds. The molecular weight excluding hydrogens is 214 g/mol. The third-order valence-electron chi connectivity index (χ3n) is 2.03. The van der Waals surface area contributed by atoms with Gasteiger partial charge in [-0.1, -0.05) is 11.6 Å². The largest absolute Gasteiger partial charge is 0.364 e. The second kappa shape index (κ2) is 4.27. The summed E-state index contributed by atoms with van der Waals surface area (Å²) in [6.45, 7) is 2.64. The molecule has 0 aromatic carbocycles. The lowest BCUT2D eigenvalue weighted by Gasteiger charge is -2.03. The molecule has 0 atom stereocenters. The van der Waals surface area contributed by atoms with Gasteiger partial charge in [0.1, 0.15) is 5.82 Å². The molecule has 6 heteroatoms. The average molecular weight is 224 g/mol. The third-order valence-corrected chi connectivity index (χ3v) is 2.23. The maximum Gasteiger partial charge on any atom is 0.151 e. The highest BCUT2D eigenvalue weighted by Crippen LogP contribution is 2.09. The summed E-state index contributed by atoms with van der Waals surface area (Å²) in [7, 11) is 0. The molecule has 2 rings (SSSR count). The first kappa shape index (κ1) is 9.92. The van der Waals surface area contributed by atoms with Crippen LogP contribution in [0.4, 0.5) is 5.82 Å². The Balaban J connectivity index is 1.99. The minimum Gasteiger partial charge on any atom is -0.364 e. The molecule has 0 saturated carbocycles. The van der Waals surface area contributed by atoms with Gasteiger partial charge >= 0.3 is 0 Å². The van der Waals surface area contributed by atoms with Crippen molar-refractivity contribution in [1.29, 1.82) is 0 Å². The van der Waals surface area contributed by atoms with Gasteiger partial charge in [-0.05, 0) is 19.1 Å². The van der Waals surface area contributed by atoms with E-state index in [1.54, 1.807) is 18.3 Å². The number of aromatic amines is 1. The molecule has 0 aliphatic heterocycles. The van der Waals surface area contributed by atoms with Crippen molar-refractivity contribution in [1.82, 2.24) is 20.4 Å². The van der Waals surface area contributed by atoms with Crippen LogP contribution in [0.3, 0.4) is 0 Å². The summed E-state index contributed by atoms with van der Waals surface area (Å²) < 4.78 is 0. The lowest BCUT2D eigenvalue weighted by molar-refractivity contribution is 0.994. The highest BCUT2D eigenvalue weighted by atomic mass is 35.5. The fraction of sp³-hybridized carbons (Fsp3) is 0.222. The van der Waals surface area contributed by atoms with Crippen molar-refractivity contribution >= 4 is 17.4 Å². The number of rotatable bonds is 3. The number of hydrogen-bond donors (Lipinski definition) is 2. The van der Waals surface area contributed by atoms with Crippen LogP contribution in [0.1, 0.15) is 11.3 Å². The van der Waals surface area contributed by atoms with Crippen LogP contribution < -0.4 is 5.32 Å². The van der Waals surface area contributed by atoms with Gasteiger partial charge in [0.25, 0.3) is 0 Å². The van der Waals surface area contributed by atoms with Crippen LogP contribution >= 0.6 is 11.6 Å². The molecule has 2 aromatic rings. The fourth-order valence-electron chi connectivity index (χ4n) is 1.15. The van der Waals surface area contributed by atoms with Gasteiger partial charge in [-0.2, -0.15) is 5.10 Å². The van der Waals surface area contributed by atoms with Crippen LogP contribution in [0, 0.1) is 6.92 Å². The van der Waals surface area contributed by atoms with Crippen LogP contribution in [0.2, 0.25) is 5.15 Å². The SMILES string of the molecule is Cc1[nH]ncc1CNc1ccc(Cl)nn1. The predicted molar refractivity (Wildman–Crippen MR) is 57.7 cm³/mol. The zero-order valence-electron chi connectivity index (χ0n) is 8.16. The van der Waals surface area contributed by atoms with Gasteiger partial charge in [0.05, 0.1) is 6.20 Å². The van der Waals surface area contributed by atoms with E-state index in [2.05, 4.69) is 25.7 Å². The molecule has 15 heavy (non-hydrogen) atoms. The number of nitrogens with one attached hydrogen (secondary N) is 2. The monoisotopic (exact) mass is 223 g/mol. The Morgan fingerprint density at radius 3 is 2.87 bits per heavy atom. The van der Waals surface area contributed by atoms with Crippen molar-refractivity contribution in [2.45, 2.75) is 13.5 Å². The smallest absolute Gasteiger partial charge is 0.151 e. The molecule has 0 radical (unpaired) electrons. The van der Waals surface area contributed by atoms with E-state index < -0.39 is 0 Å². The second-order valence-corrected chi connectivity index (χ2v) is 3.50. The number of anilines is 1. The van der Waals surface area contributed by atoms with Gasteiger partial charge in [-0.15, -0.1) is 10.2 Å². The van der Waals surface area contributed by atoms with E-state index in [0.29, 0.717) is 17.5 Å². The number of aryl methyl sites for hydroxylation is 1. The van der Waals surface area contributed by atoms with E-state index in [-0.39, 0.29) is 0 Å². The summed E-state index contributed by atoms with van der Waals surface area (Å²) in [5.41, 5.74) is 2.15. The predicted octanol–water partition coefficient (Wildman–Crippen LogP) is 1.77. The molecule has 2 aromatic heterocycles. The zero-order valence-corrected chi connectivity index (χ0v) is 8.91. The summed E-state index contributed by atoms with van der Waals surface area (Å²) in [5, 5.41) is 17.9. The fourth-order valence-corrected chi connectivity index (χ4v) is 1.25. The van der Waals surface area contributed by atoms with Crippen LogP contribution in [0.25, 0.3) is 0 Å². The van der Waals surface area contributed by atoms with Crippen LogP contribution in [0.5, 0.6) is 0 Å². The van der Waals surface area contributed by atoms with Gasteiger partial charge < -0.3 is 5.32 Å². The third kappa shape index (κ3) is 2.44. The Morgan fingerprint density at radius 1 is 1.40 bits per heavy atom. The first-order valence-corrected chi connectivity index (χ1v) is 4.85. The molecule has 0 spiro atoms. The van der Waals surface area contributed by atoms with Crippen molar-refractivity contribution in [3.63, 3.8) is 0 Å². The van der Waals surface area contributed by atoms with Crippen LogP contribution in [-0.4, -0.2) is 20.4 Å². The van der Waals surface area contributed by atoms with Crippen molar-refractivity contribution in [2.75, 3.05) is 5.32 Å². The van der Waals surface area contributed by atoms with Crippen molar-refractivity contribution < 1.29 is 0 Å². The van der Waals surface area contributed by atoms with Crippen LogP contribution in [-0.2, 0) is 6.54 Å². The summed E-state index contributed by atoms with van der Waals surface area (Å²) in [6, 6.07) is 3.48. The summed E-state index contributed by atoms with van der Waals surface area (Å²) in [5.74, 6) is 0.694. The Labute approximate surface area is 91.9 Å². The molecular formula is C9H10ClN5. The zero-order chi connectivity index (χ0) is 10.7. The number of halogens is 1. The van der Waals surface area contributed by atoms with Crippen LogP contribution in [0.15, 0.2) is 18.3 Å². The molecule has 0 bridgehead atoms. The molecule has 5 nitrogen and oxygen atoms in total. The van der Waals surface area contributed by atoms with E-state index in [4.69, 9.17) is 11.6 Å². The molecule has 0 fully saturated rings. The Bertz CT molecular complexity index is 436. The van der Waals surface area contributed by atoms with Crippen molar-refractivity contribution in [3.8, 4) is 0 Å². The average Bonchev–Trinajstić information content (AvgIpc) is 2.63. The van der Waals surface area contributed by atoms with Gasteiger partial charge in [0.15, 0.2) is 5.15 Å². The van der Waals surface area contributed by atoms with Gasteiger partial charge in [0.2, 0.25) is 0 Å². The number of H-pyrrole nitrogens is 1. The maximum atomic E-state index is 5.62. The first-order valence-electron chi connectivity index (χ1n) is 4.47. The topological polar surface area (TPSA) is 66.5 Å². The molecule has 0 unspecified atom stereocenters. The Hall–Kier alpha value is -1.62. The van der Waals surface area contributed by atoms with Gasteiger partial charge in [-0.25, -0.2) is 0 Å².